The predicted octanol–water partition coefficient (Wildman–Crippen LogP) is 4.11. The molecule has 0 amide bonds. The zero-order valence-corrected chi connectivity index (χ0v) is 22.8. The maximum absolute atomic E-state index is 11.1. The number of nitrogens with one attached hydrogen (secondary N) is 1. The number of hydrogen-bond acceptors (Lipinski definition) is 7. The molecule has 2 aromatic heterocycles. The van der Waals surface area contributed by atoms with Gasteiger partial charge in [-0.25, -0.2) is 4.98 Å². The lowest BCUT2D eigenvalue weighted by atomic mass is 9.84. The number of hydrogen-bond donors (Lipinski definition) is 2. The van der Waals surface area contributed by atoms with Crippen molar-refractivity contribution in [3.05, 3.63) is 24.0 Å². The predicted molar refractivity (Wildman–Crippen MR) is 143 cm³/mol. The number of anilines is 1. The van der Waals surface area contributed by atoms with Crippen LogP contribution in [0.3, 0.4) is 0 Å². The van der Waals surface area contributed by atoms with Crippen LogP contribution in [0, 0.1) is 17.2 Å². The Morgan fingerprint density at radius 2 is 2.03 bits per heavy atom. The molecule has 2 aliphatic rings. The van der Waals surface area contributed by atoms with E-state index in [0.717, 1.165) is 80.4 Å². The molecular formula is C26H42N6O2Si. The standard InChI is InChI=1S/C26H42N6O2Si/c1-5-30-18-32(21-8-6-20(7-9-21)16-28-12-11-27)24-22-10-13-31(19-34-14-15-35(2,3)4)25(22)29-17-23(24)26(30)33/h10,13,17,20-21,26,28,33H,5-9,12,14-16,18-19H2,1-4H3/t20-,21-,26?. The second-order valence-corrected chi connectivity index (χ2v) is 16.9. The van der Waals surface area contributed by atoms with Crippen molar-refractivity contribution in [2.24, 2.45) is 5.92 Å². The van der Waals surface area contributed by atoms with Crippen molar-refractivity contribution in [1.29, 1.82) is 5.26 Å². The van der Waals surface area contributed by atoms with Gasteiger partial charge < -0.3 is 24.6 Å². The van der Waals surface area contributed by atoms with Crippen LogP contribution in [0.1, 0.15) is 44.4 Å². The molecule has 0 radical (unpaired) electrons. The molecule has 1 unspecified atom stereocenters. The van der Waals surface area contributed by atoms with Gasteiger partial charge in [-0.15, -0.1) is 0 Å². The average Bonchev–Trinajstić information content (AvgIpc) is 3.25. The van der Waals surface area contributed by atoms with Crippen LogP contribution in [0.5, 0.6) is 0 Å². The number of pyridine rings is 1. The van der Waals surface area contributed by atoms with E-state index in [1.54, 1.807) is 0 Å². The molecule has 1 atom stereocenters. The highest BCUT2D eigenvalue weighted by Gasteiger charge is 2.36. The lowest BCUT2D eigenvalue weighted by molar-refractivity contribution is -0.00412. The average molecular weight is 499 g/mol. The molecule has 35 heavy (non-hydrogen) atoms. The lowest BCUT2D eigenvalue weighted by Gasteiger charge is -2.46. The van der Waals surface area contributed by atoms with E-state index in [-0.39, 0.29) is 0 Å². The second kappa shape index (κ2) is 11.4. The molecule has 1 aliphatic heterocycles. The van der Waals surface area contributed by atoms with E-state index in [1.165, 1.54) is 0 Å². The summed E-state index contributed by atoms with van der Waals surface area (Å²) < 4.78 is 8.11. The largest absolute Gasteiger partial charge is 0.374 e. The van der Waals surface area contributed by atoms with E-state index < -0.39 is 14.3 Å². The van der Waals surface area contributed by atoms with Crippen LogP contribution in [-0.2, 0) is 11.5 Å². The Balaban J connectivity index is 1.54. The van der Waals surface area contributed by atoms with Crippen molar-refractivity contribution in [1.82, 2.24) is 19.8 Å². The van der Waals surface area contributed by atoms with Gasteiger partial charge in [0, 0.05) is 44.1 Å². The molecule has 1 aliphatic carbocycles. The monoisotopic (exact) mass is 498 g/mol. The van der Waals surface area contributed by atoms with Crippen LogP contribution < -0.4 is 10.2 Å². The maximum atomic E-state index is 11.1. The summed E-state index contributed by atoms with van der Waals surface area (Å²) in [6, 6.07) is 5.90. The van der Waals surface area contributed by atoms with Crippen LogP contribution in [-0.4, -0.2) is 66.6 Å². The smallest absolute Gasteiger partial charge is 0.143 e. The Labute approximate surface area is 210 Å². The molecule has 8 nitrogen and oxygen atoms in total. The molecule has 192 valence electrons. The first-order valence-corrected chi connectivity index (χ1v) is 16.8. The minimum absolute atomic E-state index is 0.423. The topological polar surface area (TPSA) is 89.6 Å². The Bertz CT molecular complexity index is 1020. The summed E-state index contributed by atoms with van der Waals surface area (Å²) >= 11 is 0. The van der Waals surface area contributed by atoms with Gasteiger partial charge >= 0.3 is 0 Å². The Morgan fingerprint density at radius 3 is 2.71 bits per heavy atom. The van der Waals surface area contributed by atoms with Crippen molar-refractivity contribution in [3.8, 4) is 6.07 Å². The first-order chi connectivity index (χ1) is 16.8. The Hall–Kier alpha value is -1.96. The van der Waals surface area contributed by atoms with Gasteiger partial charge in [-0.1, -0.05) is 26.6 Å². The number of aliphatic hydroxyl groups excluding tert-OH is 1. The van der Waals surface area contributed by atoms with Crippen LogP contribution >= 0.6 is 0 Å². The number of fused-ring (bicyclic) bond motifs is 3. The van der Waals surface area contributed by atoms with E-state index >= 15 is 0 Å². The molecule has 1 fully saturated rings. The summed E-state index contributed by atoms with van der Waals surface area (Å²) in [5, 5.41) is 24.3. The van der Waals surface area contributed by atoms with Gasteiger partial charge in [0.25, 0.3) is 0 Å². The fraction of sp³-hybridized carbons (Fsp3) is 0.692. The quantitative estimate of drug-likeness (QED) is 0.289. The van der Waals surface area contributed by atoms with Crippen molar-refractivity contribution in [3.63, 3.8) is 0 Å². The van der Waals surface area contributed by atoms with Gasteiger partial charge in [0.2, 0.25) is 0 Å². The van der Waals surface area contributed by atoms with E-state index in [2.05, 4.69) is 64.6 Å². The number of aromatic nitrogens is 2. The molecule has 3 heterocycles. The SMILES string of the molecule is CCN1CN([C@H]2CC[C@H](CNCC#N)CC2)c2c(cnc3c2ccn3COCC[Si](C)(C)C)C1O. The fourth-order valence-electron chi connectivity index (χ4n) is 5.40. The number of ether oxygens (including phenoxy) is 1. The van der Waals surface area contributed by atoms with Crippen molar-refractivity contribution in [2.75, 3.05) is 37.8 Å². The molecule has 0 aromatic carbocycles. The molecule has 9 heteroatoms. The first-order valence-electron chi connectivity index (χ1n) is 13.1. The highest BCUT2D eigenvalue weighted by atomic mass is 28.3. The van der Waals surface area contributed by atoms with Crippen molar-refractivity contribution in [2.45, 2.75) is 77.3 Å². The summed E-state index contributed by atoms with van der Waals surface area (Å²) in [5.41, 5.74) is 2.97. The van der Waals surface area contributed by atoms with E-state index in [4.69, 9.17) is 15.0 Å². The molecule has 0 bridgehead atoms. The molecular weight excluding hydrogens is 456 g/mol. The maximum Gasteiger partial charge on any atom is 0.143 e. The van der Waals surface area contributed by atoms with Gasteiger partial charge in [-0.2, -0.15) is 5.26 Å². The van der Waals surface area contributed by atoms with E-state index in [9.17, 15) is 5.11 Å². The minimum Gasteiger partial charge on any atom is -0.374 e. The number of nitrogens with zero attached hydrogens (tertiary/aromatic N) is 5. The lowest BCUT2D eigenvalue weighted by Crippen LogP contribution is -2.50. The molecule has 0 spiro atoms. The Morgan fingerprint density at radius 1 is 1.26 bits per heavy atom. The van der Waals surface area contributed by atoms with Crippen LogP contribution in [0.2, 0.25) is 25.7 Å². The second-order valence-electron chi connectivity index (χ2n) is 11.3. The molecule has 2 N–H and O–H groups in total. The third-order valence-electron chi connectivity index (χ3n) is 7.56. The van der Waals surface area contributed by atoms with Gasteiger partial charge in [0.05, 0.1) is 25.0 Å². The molecule has 4 rings (SSSR count). The normalized spacial score (nSPS) is 23.4. The van der Waals surface area contributed by atoms with Crippen LogP contribution in [0.25, 0.3) is 11.0 Å². The highest BCUT2D eigenvalue weighted by Crippen LogP contribution is 2.42. The number of nitriles is 1. The minimum atomic E-state index is -1.12. The molecule has 0 saturated heterocycles. The summed E-state index contributed by atoms with van der Waals surface area (Å²) in [7, 11) is -1.12. The number of aliphatic hydroxyl groups is 1. The highest BCUT2D eigenvalue weighted by molar-refractivity contribution is 6.76. The zero-order valence-electron chi connectivity index (χ0n) is 21.8. The molecule has 1 saturated carbocycles. The van der Waals surface area contributed by atoms with E-state index in [0.29, 0.717) is 25.2 Å². The van der Waals surface area contributed by atoms with Crippen LogP contribution in [0.4, 0.5) is 5.69 Å². The van der Waals surface area contributed by atoms with Gasteiger partial charge in [0.1, 0.15) is 18.6 Å². The summed E-state index contributed by atoms with van der Waals surface area (Å²) in [6.07, 6.45) is 7.86. The fourth-order valence-corrected chi connectivity index (χ4v) is 6.16. The van der Waals surface area contributed by atoms with Crippen LogP contribution in [0.15, 0.2) is 18.5 Å². The van der Waals surface area contributed by atoms with Crippen molar-refractivity contribution < 1.29 is 9.84 Å². The Kier molecular flexibility index (Phi) is 8.50. The summed E-state index contributed by atoms with van der Waals surface area (Å²) in [4.78, 5) is 9.41. The van der Waals surface area contributed by atoms with Gasteiger partial charge in [-0.3, -0.25) is 4.90 Å². The van der Waals surface area contributed by atoms with Gasteiger partial charge in [0.15, 0.2) is 0 Å². The molecule has 2 aromatic rings. The zero-order chi connectivity index (χ0) is 25.0. The first kappa shape index (κ1) is 26.1. The third-order valence-corrected chi connectivity index (χ3v) is 9.27. The summed E-state index contributed by atoms with van der Waals surface area (Å²) in [6.45, 7) is 13.3. The van der Waals surface area contributed by atoms with Crippen molar-refractivity contribution >= 4 is 24.8 Å². The summed E-state index contributed by atoms with van der Waals surface area (Å²) in [5.74, 6) is 0.628. The van der Waals surface area contributed by atoms with E-state index in [1.807, 2.05) is 6.20 Å². The third kappa shape index (κ3) is 6.06. The number of rotatable bonds is 10. The van der Waals surface area contributed by atoms with Gasteiger partial charge in [-0.05, 0) is 56.8 Å².